The molecule has 2 saturated heterocycles. The first-order valence-electron chi connectivity index (χ1n) is 7.11. The molecule has 2 heterocycles. The van der Waals surface area contributed by atoms with E-state index >= 15 is 0 Å². The van der Waals surface area contributed by atoms with E-state index in [0.717, 1.165) is 37.4 Å². The zero-order chi connectivity index (χ0) is 13.9. The zero-order valence-corrected chi connectivity index (χ0v) is 11.7. The third-order valence-electron chi connectivity index (χ3n) is 4.26. The molecule has 2 fully saturated rings. The Kier molecular flexibility index (Phi) is 3.74. The van der Waals surface area contributed by atoms with E-state index in [1.807, 2.05) is 35.2 Å². The van der Waals surface area contributed by atoms with Crippen LogP contribution in [0.15, 0.2) is 30.3 Å². The number of fused-ring (bicyclic) bond motifs is 1. The van der Waals surface area contributed by atoms with Gasteiger partial charge in [-0.2, -0.15) is 0 Å². The number of nitrogens with zero attached hydrogens (tertiary/aromatic N) is 1. The number of carbonyl (C=O) groups is 1. The quantitative estimate of drug-likeness (QED) is 0.848. The Morgan fingerprint density at radius 1 is 1.35 bits per heavy atom. The summed E-state index contributed by atoms with van der Waals surface area (Å²) in [6.45, 7) is 2.88. The predicted molar refractivity (Wildman–Crippen MR) is 78.5 cm³/mol. The summed E-state index contributed by atoms with van der Waals surface area (Å²) in [7, 11) is 1.65. The van der Waals surface area contributed by atoms with E-state index < -0.39 is 0 Å². The van der Waals surface area contributed by atoms with Crippen LogP contribution in [0.4, 0.5) is 0 Å². The summed E-state index contributed by atoms with van der Waals surface area (Å²) in [6, 6.07) is 8.09. The maximum absolute atomic E-state index is 12.3. The van der Waals surface area contributed by atoms with Gasteiger partial charge in [0.1, 0.15) is 5.75 Å². The van der Waals surface area contributed by atoms with Crippen molar-refractivity contribution in [1.82, 2.24) is 10.2 Å². The summed E-state index contributed by atoms with van der Waals surface area (Å²) in [5, 5.41) is 3.36. The van der Waals surface area contributed by atoms with Gasteiger partial charge in [-0.15, -0.1) is 0 Å². The second kappa shape index (κ2) is 5.67. The number of ether oxygens (including phenoxy) is 1. The van der Waals surface area contributed by atoms with Gasteiger partial charge in [0.2, 0.25) is 5.91 Å². The molecule has 2 atom stereocenters. The van der Waals surface area contributed by atoms with E-state index in [1.165, 1.54) is 0 Å². The predicted octanol–water partition coefficient (Wildman–Crippen LogP) is 1.53. The number of benzene rings is 1. The third-order valence-corrected chi connectivity index (χ3v) is 4.26. The van der Waals surface area contributed by atoms with Crippen LogP contribution < -0.4 is 10.1 Å². The van der Waals surface area contributed by atoms with E-state index in [2.05, 4.69) is 5.32 Å². The monoisotopic (exact) mass is 272 g/mol. The summed E-state index contributed by atoms with van der Waals surface area (Å²) >= 11 is 0. The molecule has 1 N–H and O–H groups in total. The van der Waals surface area contributed by atoms with Gasteiger partial charge in [0.05, 0.1) is 7.11 Å². The number of rotatable bonds is 3. The van der Waals surface area contributed by atoms with Gasteiger partial charge in [-0.1, -0.05) is 12.1 Å². The summed E-state index contributed by atoms with van der Waals surface area (Å²) in [6.07, 6.45) is 4.68. The van der Waals surface area contributed by atoms with Crippen LogP contribution in [0.3, 0.4) is 0 Å². The Balaban J connectivity index is 1.64. The van der Waals surface area contributed by atoms with Crippen LogP contribution in [0.25, 0.3) is 6.08 Å². The highest BCUT2D eigenvalue weighted by atomic mass is 16.5. The van der Waals surface area contributed by atoms with Gasteiger partial charge in [0, 0.05) is 31.8 Å². The van der Waals surface area contributed by atoms with Gasteiger partial charge >= 0.3 is 0 Å². The molecule has 3 rings (SSSR count). The van der Waals surface area contributed by atoms with Gasteiger partial charge in [-0.3, -0.25) is 4.79 Å². The number of carbonyl (C=O) groups excluding carboxylic acids is 1. The highest BCUT2D eigenvalue weighted by molar-refractivity contribution is 5.92. The molecule has 1 aromatic carbocycles. The minimum Gasteiger partial charge on any atom is -0.497 e. The molecule has 0 radical (unpaired) electrons. The molecule has 0 unspecified atom stereocenters. The second-order valence-corrected chi connectivity index (χ2v) is 5.41. The van der Waals surface area contributed by atoms with Crippen molar-refractivity contribution in [2.45, 2.75) is 12.5 Å². The summed E-state index contributed by atoms with van der Waals surface area (Å²) in [5.74, 6) is 1.60. The molecule has 1 amide bonds. The van der Waals surface area contributed by atoms with Crippen LogP contribution in [0.5, 0.6) is 5.75 Å². The average molecular weight is 272 g/mol. The lowest BCUT2D eigenvalue weighted by atomic mass is 10.1. The Morgan fingerprint density at radius 2 is 2.15 bits per heavy atom. The van der Waals surface area contributed by atoms with Gasteiger partial charge in [-0.05, 0) is 36.1 Å². The van der Waals surface area contributed by atoms with Crippen LogP contribution in [0.2, 0.25) is 0 Å². The number of methoxy groups -OCH3 is 1. The Morgan fingerprint density at radius 3 is 2.90 bits per heavy atom. The Labute approximate surface area is 119 Å². The largest absolute Gasteiger partial charge is 0.497 e. The smallest absolute Gasteiger partial charge is 0.246 e. The van der Waals surface area contributed by atoms with E-state index in [0.29, 0.717) is 12.0 Å². The van der Waals surface area contributed by atoms with Crippen molar-refractivity contribution in [3.05, 3.63) is 35.9 Å². The lowest BCUT2D eigenvalue weighted by molar-refractivity contribution is -0.126. The third kappa shape index (κ3) is 2.56. The maximum Gasteiger partial charge on any atom is 0.246 e. The first-order valence-corrected chi connectivity index (χ1v) is 7.11. The van der Waals surface area contributed by atoms with Crippen molar-refractivity contribution in [3.63, 3.8) is 0 Å². The van der Waals surface area contributed by atoms with E-state index in [-0.39, 0.29) is 5.91 Å². The fraction of sp³-hybridized carbons (Fsp3) is 0.438. The lowest BCUT2D eigenvalue weighted by Crippen LogP contribution is -2.38. The van der Waals surface area contributed by atoms with Crippen LogP contribution in [0, 0.1) is 5.92 Å². The van der Waals surface area contributed by atoms with Gasteiger partial charge in [0.25, 0.3) is 0 Å². The highest BCUT2D eigenvalue weighted by Gasteiger charge is 2.38. The zero-order valence-electron chi connectivity index (χ0n) is 11.7. The molecule has 0 spiro atoms. The fourth-order valence-electron chi connectivity index (χ4n) is 3.10. The van der Waals surface area contributed by atoms with E-state index in [4.69, 9.17) is 4.74 Å². The van der Waals surface area contributed by atoms with Crippen molar-refractivity contribution in [2.24, 2.45) is 5.92 Å². The van der Waals surface area contributed by atoms with Gasteiger partial charge in [-0.25, -0.2) is 0 Å². The molecule has 4 heteroatoms. The van der Waals surface area contributed by atoms with E-state index in [9.17, 15) is 4.79 Å². The Hall–Kier alpha value is -1.81. The SMILES string of the molecule is COc1ccc(/C=C/C(=O)N2CC[C@H]3CNC[C@H]32)cc1. The number of hydrogen-bond acceptors (Lipinski definition) is 3. The number of likely N-dealkylation sites (tertiary alicyclic amines) is 1. The summed E-state index contributed by atoms with van der Waals surface area (Å²) < 4.78 is 5.12. The van der Waals surface area contributed by atoms with Crippen LogP contribution in [-0.4, -0.2) is 43.6 Å². The van der Waals surface area contributed by atoms with Gasteiger partial charge in [0.15, 0.2) is 0 Å². The number of amides is 1. The van der Waals surface area contributed by atoms with Crippen molar-refractivity contribution >= 4 is 12.0 Å². The maximum atomic E-state index is 12.3. The first kappa shape index (κ1) is 13.2. The standard InChI is InChI=1S/C16H20N2O2/c1-20-14-5-2-12(3-6-14)4-7-16(19)18-9-8-13-10-17-11-15(13)18/h2-7,13,15,17H,8-11H2,1H3/b7-4+/t13-,15+/m0/s1. The van der Waals surface area contributed by atoms with Crippen molar-refractivity contribution in [1.29, 1.82) is 0 Å². The molecular weight excluding hydrogens is 252 g/mol. The lowest BCUT2D eigenvalue weighted by Gasteiger charge is -2.21. The molecule has 4 nitrogen and oxygen atoms in total. The number of hydrogen-bond donors (Lipinski definition) is 1. The van der Waals surface area contributed by atoms with Crippen molar-refractivity contribution in [2.75, 3.05) is 26.7 Å². The molecule has 20 heavy (non-hydrogen) atoms. The van der Waals surface area contributed by atoms with Crippen molar-refractivity contribution < 1.29 is 9.53 Å². The molecule has 1 aromatic rings. The molecule has 2 aliphatic heterocycles. The molecule has 0 saturated carbocycles. The molecule has 0 aromatic heterocycles. The van der Waals surface area contributed by atoms with Crippen LogP contribution in [-0.2, 0) is 4.79 Å². The molecule has 106 valence electrons. The minimum atomic E-state index is 0.122. The van der Waals surface area contributed by atoms with E-state index in [1.54, 1.807) is 13.2 Å². The average Bonchev–Trinajstić information content (AvgIpc) is 3.08. The highest BCUT2D eigenvalue weighted by Crippen LogP contribution is 2.27. The molecule has 2 aliphatic rings. The number of nitrogens with one attached hydrogen (secondary N) is 1. The first-order chi connectivity index (χ1) is 9.78. The summed E-state index contributed by atoms with van der Waals surface area (Å²) in [5.41, 5.74) is 1.01. The minimum absolute atomic E-state index is 0.122. The van der Waals surface area contributed by atoms with Crippen molar-refractivity contribution in [3.8, 4) is 5.75 Å². The molecular formula is C16H20N2O2. The summed E-state index contributed by atoms with van der Waals surface area (Å²) in [4.78, 5) is 14.3. The van der Waals surface area contributed by atoms with Crippen LogP contribution >= 0.6 is 0 Å². The van der Waals surface area contributed by atoms with Crippen LogP contribution in [0.1, 0.15) is 12.0 Å². The van der Waals surface area contributed by atoms with Gasteiger partial charge < -0.3 is 15.0 Å². The molecule has 0 bridgehead atoms. The Bertz CT molecular complexity index is 510. The topological polar surface area (TPSA) is 41.6 Å². The fourth-order valence-corrected chi connectivity index (χ4v) is 3.10. The molecule has 0 aliphatic carbocycles. The second-order valence-electron chi connectivity index (χ2n) is 5.41. The normalized spacial score (nSPS) is 25.1.